The molecule has 2 aromatic carbocycles. The molecule has 0 spiro atoms. The number of aliphatic hydroxyl groups excluding tert-OH is 1. The van der Waals surface area contributed by atoms with Crippen LogP contribution in [0.1, 0.15) is 23.2 Å². The molecule has 1 fully saturated rings. The van der Waals surface area contributed by atoms with E-state index in [0.29, 0.717) is 12.8 Å². The van der Waals surface area contributed by atoms with Crippen molar-refractivity contribution in [3.63, 3.8) is 0 Å². The van der Waals surface area contributed by atoms with Crippen LogP contribution in [0.2, 0.25) is 0 Å². The first kappa shape index (κ1) is 18.9. The van der Waals surface area contributed by atoms with Gasteiger partial charge in [0.05, 0.1) is 22.6 Å². The lowest BCUT2D eigenvalue weighted by Gasteiger charge is -2.15. The number of aliphatic hydroxyl groups is 1. The minimum atomic E-state index is -0.575. The van der Waals surface area contributed by atoms with Gasteiger partial charge in [0.2, 0.25) is 10.9 Å². The molecule has 150 valence electrons. The first-order valence-corrected chi connectivity index (χ1v) is 9.37. The molecule has 0 aliphatic carbocycles. The number of aromatic amines is 1. The molecule has 4 rings (SSSR count). The van der Waals surface area contributed by atoms with E-state index in [1.165, 1.54) is 12.1 Å². The van der Waals surface area contributed by atoms with Crippen LogP contribution in [0.3, 0.4) is 0 Å². The molecule has 0 radical (unpaired) electrons. The van der Waals surface area contributed by atoms with E-state index in [9.17, 15) is 24.6 Å². The number of hydrogen-bond donors (Lipinski definition) is 4. The smallest absolute Gasteiger partial charge is 0.253 e. The van der Waals surface area contributed by atoms with Crippen molar-refractivity contribution >= 4 is 34.2 Å². The van der Waals surface area contributed by atoms with Crippen molar-refractivity contribution in [3.8, 4) is 5.75 Å². The molecule has 0 bridgehead atoms. The second-order valence-electron chi connectivity index (χ2n) is 7.04. The maximum atomic E-state index is 12.7. The largest absolute Gasteiger partial charge is 0.515 e. The molecule has 9 nitrogen and oxygen atoms in total. The second kappa shape index (κ2) is 7.51. The normalized spacial score (nSPS) is 15.4. The predicted octanol–water partition coefficient (Wildman–Crippen LogP) is -0.0174. The molecule has 0 unspecified atom stereocenters. The molecule has 1 aliphatic rings. The molecular formula is C20H20N4O5. The molecule has 9 heteroatoms. The quantitative estimate of drug-likeness (QED) is 0.455. The zero-order valence-electron chi connectivity index (χ0n) is 15.6. The lowest BCUT2D eigenvalue weighted by atomic mass is 10.1. The van der Waals surface area contributed by atoms with Crippen LogP contribution in [0.25, 0.3) is 28.3 Å². The molecule has 0 atom stereocenters. The highest BCUT2D eigenvalue weighted by Crippen LogP contribution is 2.15. The highest BCUT2D eigenvalue weighted by molar-refractivity contribution is 6.06. The number of nitrogens with one attached hydrogen (secondary N) is 2. The number of phenols is 1. The SMILES string of the molecule is O=C(NCCN1CCCC1)c1ccc(=O)c2nc3/c(=C\O)c(O)cc(=O)c3[nH]c12. The molecule has 29 heavy (non-hydrogen) atoms. The van der Waals surface area contributed by atoms with Crippen molar-refractivity contribution in [2.24, 2.45) is 0 Å². The fraction of sp³-hybridized carbons (Fsp3) is 0.300. The number of H-pyrrole nitrogens is 1. The number of phenolic OH excluding ortho intramolecular Hbond substituents is 1. The highest BCUT2D eigenvalue weighted by atomic mass is 16.3. The number of amides is 1. The Kier molecular flexibility index (Phi) is 4.89. The Morgan fingerprint density at radius 2 is 1.93 bits per heavy atom. The third-order valence-electron chi connectivity index (χ3n) is 5.18. The van der Waals surface area contributed by atoms with Crippen molar-refractivity contribution in [1.29, 1.82) is 0 Å². The number of carbonyl (C=O) groups excluding carboxylic acids is 1. The maximum Gasteiger partial charge on any atom is 0.253 e. The monoisotopic (exact) mass is 396 g/mol. The Hall–Kier alpha value is -3.46. The van der Waals surface area contributed by atoms with Crippen LogP contribution < -0.4 is 21.4 Å². The number of fused-ring (bicyclic) bond motifs is 2. The van der Waals surface area contributed by atoms with Gasteiger partial charge in [0, 0.05) is 19.2 Å². The Labute approximate surface area is 164 Å². The van der Waals surface area contributed by atoms with Crippen molar-refractivity contribution in [2.75, 3.05) is 26.2 Å². The van der Waals surface area contributed by atoms with E-state index in [-0.39, 0.29) is 38.8 Å². The lowest BCUT2D eigenvalue weighted by molar-refractivity contribution is 0.0951. The summed E-state index contributed by atoms with van der Waals surface area (Å²) >= 11 is 0. The Morgan fingerprint density at radius 1 is 1.17 bits per heavy atom. The number of aromatic hydroxyl groups is 1. The average molecular weight is 396 g/mol. The molecule has 1 aromatic heterocycles. The van der Waals surface area contributed by atoms with Gasteiger partial charge < -0.3 is 25.4 Å². The minimum absolute atomic E-state index is 0.0210. The first-order valence-electron chi connectivity index (χ1n) is 9.37. The predicted molar refractivity (Wildman–Crippen MR) is 108 cm³/mol. The molecule has 1 aliphatic heterocycles. The Bertz CT molecular complexity index is 1280. The third kappa shape index (κ3) is 3.40. The van der Waals surface area contributed by atoms with Crippen molar-refractivity contribution < 1.29 is 15.0 Å². The summed E-state index contributed by atoms with van der Waals surface area (Å²) in [5, 5.41) is 22.0. The number of nitrogens with zero attached hydrogens (tertiary/aromatic N) is 2. The van der Waals surface area contributed by atoms with Gasteiger partial charge in [-0.3, -0.25) is 14.4 Å². The maximum absolute atomic E-state index is 12.7. The Balaban J connectivity index is 1.78. The van der Waals surface area contributed by atoms with Crippen LogP contribution in [0.5, 0.6) is 5.75 Å². The number of benzene rings is 2. The third-order valence-corrected chi connectivity index (χ3v) is 5.18. The molecule has 2 heterocycles. The van der Waals surface area contributed by atoms with Gasteiger partial charge in [-0.15, -0.1) is 0 Å². The zero-order chi connectivity index (χ0) is 20.5. The number of carbonyl (C=O) groups is 1. The number of likely N-dealkylation sites (tertiary alicyclic amines) is 1. The van der Waals surface area contributed by atoms with E-state index in [0.717, 1.165) is 38.5 Å². The molecule has 0 saturated carbocycles. The zero-order valence-corrected chi connectivity index (χ0v) is 15.6. The first-order chi connectivity index (χ1) is 14.0. The molecular weight excluding hydrogens is 376 g/mol. The summed E-state index contributed by atoms with van der Waals surface area (Å²) in [7, 11) is 0. The summed E-state index contributed by atoms with van der Waals surface area (Å²) in [6.07, 6.45) is 2.94. The summed E-state index contributed by atoms with van der Waals surface area (Å²) in [5.41, 5.74) is -0.827. The van der Waals surface area contributed by atoms with Crippen LogP contribution in [0.15, 0.2) is 27.8 Å². The minimum Gasteiger partial charge on any atom is -0.515 e. The summed E-state index contributed by atoms with van der Waals surface area (Å²) in [4.78, 5) is 46.6. The number of aromatic nitrogens is 2. The fourth-order valence-electron chi connectivity index (χ4n) is 3.68. The molecule has 4 N–H and O–H groups in total. The van der Waals surface area contributed by atoms with Crippen molar-refractivity contribution in [3.05, 3.63) is 49.4 Å². The van der Waals surface area contributed by atoms with Gasteiger partial charge in [-0.1, -0.05) is 0 Å². The molecule has 1 amide bonds. The van der Waals surface area contributed by atoms with Gasteiger partial charge >= 0.3 is 0 Å². The van der Waals surface area contributed by atoms with E-state index in [1.807, 2.05) is 0 Å². The highest BCUT2D eigenvalue weighted by Gasteiger charge is 2.17. The average Bonchev–Trinajstić information content (AvgIpc) is 3.21. The fourth-order valence-corrected chi connectivity index (χ4v) is 3.68. The van der Waals surface area contributed by atoms with E-state index in [2.05, 4.69) is 20.2 Å². The second-order valence-corrected chi connectivity index (χ2v) is 7.04. The van der Waals surface area contributed by atoms with Crippen LogP contribution in [0, 0.1) is 0 Å². The summed E-state index contributed by atoms with van der Waals surface area (Å²) < 4.78 is 0. The Morgan fingerprint density at radius 3 is 2.66 bits per heavy atom. The molecule has 1 saturated heterocycles. The van der Waals surface area contributed by atoms with Crippen LogP contribution in [-0.4, -0.2) is 57.2 Å². The van der Waals surface area contributed by atoms with E-state index >= 15 is 0 Å². The van der Waals surface area contributed by atoms with Crippen molar-refractivity contribution in [2.45, 2.75) is 12.8 Å². The summed E-state index contributed by atoms with van der Waals surface area (Å²) in [5.74, 6) is -0.833. The van der Waals surface area contributed by atoms with Gasteiger partial charge in [0.25, 0.3) is 5.91 Å². The van der Waals surface area contributed by atoms with Gasteiger partial charge in [-0.05, 0) is 38.1 Å². The van der Waals surface area contributed by atoms with Crippen LogP contribution in [0.4, 0.5) is 0 Å². The molecule has 3 aromatic rings. The number of hydrogen-bond acceptors (Lipinski definition) is 7. The topological polar surface area (TPSA) is 136 Å². The summed E-state index contributed by atoms with van der Waals surface area (Å²) in [6, 6.07) is 3.56. The summed E-state index contributed by atoms with van der Waals surface area (Å²) in [6.45, 7) is 3.26. The van der Waals surface area contributed by atoms with Gasteiger partial charge in [-0.2, -0.15) is 0 Å². The van der Waals surface area contributed by atoms with Crippen LogP contribution >= 0.6 is 0 Å². The van der Waals surface area contributed by atoms with Gasteiger partial charge in [0.15, 0.2) is 0 Å². The standard InChI is InChI=1S/C20H20N4O5/c25-10-12-14(27)9-15(28)19-17(12)23-18-13(26)4-3-11(16(18)22-19)20(29)21-5-8-24-6-1-2-7-24/h3-4,9-10,22,25,27H,1-2,5-8H2,(H,21,29)/b12-10-. The van der Waals surface area contributed by atoms with E-state index in [4.69, 9.17) is 0 Å². The van der Waals surface area contributed by atoms with E-state index < -0.39 is 16.6 Å². The van der Waals surface area contributed by atoms with Gasteiger partial charge in [0.1, 0.15) is 22.3 Å². The number of rotatable bonds is 4. The van der Waals surface area contributed by atoms with Crippen LogP contribution in [-0.2, 0) is 0 Å². The lowest BCUT2D eigenvalue weighted by Crippen LogP contribution is -2.33. The van der Waals surface area contributed by atoms with E-state index in [1.54, 1.807) is 0 Å². The van der Waals surface area contributed by atoms with Gasteiger partial charge in [-0.25, -0.2) is 4.98 Å². The van der Waals surface area contributed by atoms with Crippen molar-refractivity contribution in [1.82, 2.24) is 20.2 Å².